The summed E-state index contributed by atoms with van der Waals surface area (Å²) in [7, 11) is 0. The van der Waals surface area contributed by atoms with E-state index >= 15 is 0 Å². The minimum Gasteiger partial charge on any atom is -0.206 e. The molecule has 166 valence electrons. The van der Waals surface area contributed by atoms with E-state index in [1.807, 2.05) is 12.1 Å². The molecule has 0 aliphatic rings. The van der Waals surface area contributed by atoms with Crippen molar-refractivity contribution in [3.63, 3.8) is 0 Å². The molecule has 0 unspecified atom stereocenters. The molecule has 0 atom stereocenters. The van der Waals surface area contributed by atoms with Gasteiger partial charge in [0.1, 0.15) is 5.82 Å². The molecule has 0 aliphatic carbocycles. The fraction of sp³-hybridized carbons (Fsp3) is 0.333. The van der Waals surface area contributed by atoms with Gasteiger partial charge in [-0.15, -0.1) is 0 Å². The highest BCUT2D eigenvalue weighted by Crippen LogP contribution is 2.21. The average Bonchev–Trinajstić information content (AvgIpc) is 2.81. The zero-order chi connectivity index (χ0) is 22.6. The normalized spacial score (nSPS) is 10.6. The highest BCUT2D eigenvalue weighted by atomic mass is 35.5. The molecule has 0 N–H and O–H groups in total. The van der Waals surface area contributed by atoms with Gasteiger partial charge in [-0.25, -0.2) is 4.39 Å². The van der Waals surface area contributed by atoms with Crippen LogP contribution in [0.2, 0.25) is 5.02 Å². The Balaban J connectivity index is 1.48. The van der Waals surface area contributed by atoms with Crippen LogP contribution in [0.3, 0.4) is 0 Å². The molecule has 0 spiro atoms. The van der Waals surface area contributed by atoms with Crippen molar-refractivity contribution in [2.75, 3.05) is 0 Å². The molecule has 0 bridgehead atoms. The maximum atomic E-state index is 13.9. The number of rotatable bonds is 10. The van der Waals surface area contributed by atoms with Crippen molar-refractivity contribution in [3.8, 4) is 23.0 Å². The molecule has 0 saturated heterocycles. The Morgan fingerprint density at radius 3 is 1.91 bits per heavy atom. The fourth-order valence-electron chi connectivity index (χ4n) is 3.80. The van der Waals surface area contributed by atoms with Crippen molar-refractivity contribution < 1.29 is 4.39 Å². The summed E-state index contributed by atoms with van der Waals surface area (Å²) in [6.07, 6.45) is 12.0. The third kappa shape index (κ3) is 7.85. The van der Waals surface area contributed by atoms with Crippen LogP contribution in [-0.4, -0.2) is 0 Å². The second-order valence-electron chi connectivity index (χ2n) is 8.37. The van der Waals surface area contributed by atoms with Crippen LogP contribution < -0.4 is 0 Å². The van der Waals surface area contributed by atoms with Gasteiger partial charge in [-0.3, -0.25) is 0 Å². The van der Waals surface area contributed by atoms with Crippen LogP contribution in [0.15, 0.2) is 66.7 Å². The Bertz CT molecular complexity index is 1020. The summed E-state index contributed by atoms with van der Waals surface area (Å²) in [6.45, 7) is 2.27. The first-order chi connectivity index (χ1) is 15.7. The molecule has 0 heterocycles. The largest absolute Gasteiger partial charge is 0.206 e. The van der Waals surface area contributed by atoms with Crippen molar-refractivity contribution in [2.45, 2.75) is 64.7 Å². The van der Waals surface area contributed by atoms with E-state index in [2.05, 4.69) is 55.2 Å². The van der Waals surface area contributed by atoms with Gasteiger partial charge in [-0.2, -0.15) is 0 Å². The van der Waals surface area contributed by atoms with Crippen LogP contribution in [0.4, 0.5) is 4.39 Å². The van der Waals surface area contributed by atoms with E-state index in [1.165, 1.54) is 68.6 Å². The summed E-state index contributed by atoms with van der Waals surface area (Å²) in [6, 6.07) is 21.5. The lowest BCUT2D eigenvalue weighted by Gasteiger charge is -2.06. The van der Waals surface area contributed by atoms with Crippen molar-refractivity contribution in [1.82, 2.24) is 0 Å². The van der Waals surface area contributed by atoms with Gasteiger partial charge in [0, 0.05) is 10.6 Å². The summed E-state index contributed by atoms with van der Waals surface area (Å²) >= 11 is 5.79. The first-order valence-corrected chi connectivity index (χ1v) is 12.2. The predicted molar refractivity (Wildman–Crippen MR) is 136 cm³/mol. The molecule has 0 saturated carbocycles. The van der Waals surface area contributed by atoms with Gasteiger partial charge in [0.15, 0.2) is 0 Å². The number of hydrogen-bond acceptors (Lipinski definition) is 0. The molecular weight excluding hydrogens is 415 g/mol. The molecular formula is C30H32ClF. The molecule has 3 aromatic carbocycles. The van der Waals surface area contributed by atoms with Gasteiger partial charge in [0.25, 0.3) is 0 Å². The highest BCUT2D eigenvalue weighted by molar-refractivity contribution is 6.30. The zero-order valence-corrected chi connectivity index (χ0v) is 19.7. The number of benzene rings is 3. The topological polar surface area (TPSA) is 0 Å². The van der Waals surface area contributed by atoms with E-state index in [9.17, 15) is 4.39 Å². The van der Waals surface area contributed by atoms with Crippen LogP contribution in [0.5, 0.6) is 0 Å². The summed E-state index contributed by atoms with van der Waals surface area (Å²) in [5, 5.41) is 0.376. The second kappa shape index (κ2) is 13.1. The summed E-state index contributed by atoms with van der Waals surface area (Å²) < 4.78 is 13.9. The van der Waals surface area contributed by atoms with Gasteiger partial charge in [0.2, 0.25) is 0 Å². The minimum absolute atomic E-state index is 0.352. The van der Waals surface area contributed by atoms with Crippen LogP contribution in [0.1, 0.15) is 75.0 Å². The first-order valence-electron chi connectivity index (χ1n) is 11.8. The van der Waals surface area contributed by atoms with Crippen LogP contribution >= 0.6 is 11.6 Å². The minimum atomic E-state index is -0.395. The van der Waals surface area contributed by atoms with Gasteiger partial charge < -0.3 is 0 Å². The quantitative estimate of drug-likeness (QED) is 0.215. The Morgan fingerprint density at radius 2 is 1.28 bits per heavy atom. The summed E-state index contributed by atoms with van der Waals surface area (Å²) in [4.78, 5) is 0. The molecule has 0 aliphatic heterocycles. The Kier molecular flexibility index (Phi) is 9.86. The number of unbranched alkanes of at least 4 members (excludes halogenated alkanes) is 7. The van der Waals surface area contributed by atoms with Crippen molar-refractivity contribution >= 4 is 11.6 Å². The predicted octanol–water partition coefficient (Wildman–Crippen LogP) is 9.23. The van der Waals surface area contributed by atoms with Gasteiger partial charge >= 0.3 is 0 Å². The SMILES string of the molecule is CCCCCCCCCCc1ccc(-c2ccc(C#Cc3ccc(Cl)cc3F)cc2)cc1. The second-order valence-corrected chi connectivity index (χ2v) is 8.81. The first kappa shape index (κ1) is 24.1. The third-order valence-corrected chi connectivity index (χ3v) is 6.00. The summed E-state index contributed by atoms with van der Waals surface area (Å²) in [5.41, 5.74) is 4.98. The number of hydrogen-bond donors (Lipinski definition) is 0. The van der Waals surface area contributed by atoms with E-state index in [4.69, 9.17) is 11.6 Å². The van der Waals surface area contributed by atoms with Gasteiger partial charge in [0.05, 0.1) is 5.56 Å². The van der Waals surface area contributed by atoms with E-state index in [0.717, 1.165) is 17.5 Å². The highest BCUT2D eigenvalue weighted by Gasteiger charge is 2.01. The molecule has 0 radical (unpaired) electrons. The van der Waals surface area contributed by atoms with E-state index in [0.29, 0.717) is 10.6 Å². The van der Waals surface area contributed by atoms with Crippen molar-refractivity contribution in [3.05, 3.63) is 94.3 Å². The standard InChI is InChI=1S/C30H32ClF/c1-2-3-4-5-6-7-8-9-10-24-11-16-26(17-12-24)27-18-13-25(14-19-27)15-20-28-21-22-29(31)23-30(28)32/h11-14,16-19,21-23H,2-10H2,1H3. The fourth-order valence-corrected chi connectivity index (χ4v) is 3.96. The van der Waals surface area contributed by atoms with Gasteiger partial charge in [-0.1, -0.05) is 112 Å². The van der Waals surface area contributed by atoms with Crippen LogP contribution in [0.25, 0.3) is 11.1 Å². The third-order valence-electron chi connectivity index (χ3n) is 5.76. The summed E-state index contributed by atoms with van der Waals surface area (Å²) in [5.74, 6) is 5.51. The molecule has 0 fully saturated rings. The monoisotopic (exact) mass is 446 g/mol. The van der Waals surface area contributed by atoms with Crippen LogP contribution in [-0.2, 0) is 6.42 Å². The lowest BCUT2D eigenvalue weighted by Crippen LogP contribution is -1.87. The van der Waals surface area contributed by atoms with E-state index < -0.39 is 5.82 Å². The van der Waals surface area contributed by atoms with Crippen molar-refractivity contribution in [1.29, 1.82) is 0 Å². The molecule has 0 amide bonds. The number of halogens is 2. The molecule has 3 aromatic rings. The molecule has 0 aromatic heterocycles. The van der Waals surface area contributed by atoms with E-state index in [-0.39, 0.29) is 0 Å². The lowest BCUT2D eigenvalue weighted by molar-refractivity contribution is 0.575. The molecule has 32 heavy (non-hydrogen) atoms. The molecule has 0 nitrogen and oxygen atoms in total. The Hall–Kier alpha value is -2.56. The zero-order valence-electron chi connectivity index (χ0n) is 19.0. The Labute approximate surface area is 197 Å². The smallest absolute Gasteiger partial charge is 0.140 e. The lowest BCUT2D eigenvalue weighted by atomic mass is 10.00. The molecule has 3 rings (SSSR count). The maximum absolute atomic E-state index is 13.9. The maximum Gasteiger partial charge on any atom is 0.140 e. The van der Waals surface area contributed by atoms with Crippen LogP contribution in [0, 0.1) is 17.7 Å². The average molecular weight is 447 g/mol. The van der Waals surface area contributed by atoms with Gasteiger partial charge in [-0.05, 0) is 59.9 Å². The number of aryl methyl sites for hydroxylation is 1. The Morgan fingerprint density at radius 1 is 0.688 bits per heavy atom. The van der Waals surface area contributed by atoms with E-state index in [1.54, 1.807) is 12.1 Å². The molecule has 2 heteroatoms. The van der Waals surface area contributed by atoms with Crippen molar-refractivity contribution in [2.24, 2.45) is 0 Å².